The van der Waals surface area contributed by atoms with Crippen molar-refractivity contribution in [2.45, 2.75) is 103 Å². The van der Waals surface area contributed by atoms with E-state index in [1.165, 1.54) is 26.2 Å². The number of carbonyl (C=O) groups excluding carboxylic acids is 8. The first-order chi connectivity index (χ1) is 30.3. The molecule has 1 aliphatic rings. The van der Waals surface area contributed by atoms with Crippen molar-refractivity contribution in [3.05, 3.63) is 35.9 Å². The molecule has 1 heterocycles. The lowest BCUT2D eigenvalue weighted by molar-refractivity contribution is -0.141. The van der Waals surface area contributed by atoms with Crippen LogP contribution in [-0.2, 0) is 54.3 Å². The number of nitrogens with zero attached hydrogens (tertiary/aromatic N) is 1. The van der Waals surface area contributed by atoms with E-state index in [0.717, 1.165) is 17.1 Å². The van der Waals surface area contributed by atoms with Crippen LogP contribution >= 0.6 is 0 Å². The maximum atomic E-state index is 13.9. The van der Waals surface area contributed by atoms with Gasteiger partial charge in [-0.25, -0.2) is 4.79 Å². The van der Waals surface area contributed by atoms with E-state index in [2.05, 4.69) is 31.9 Å². The number of primary amides is 1. The van der Waals surface area contributed by atoms with E-state index < -0.39 is 83.4 Å². The van der Waals surface area contributed by atoms with E-state index in [0.29, 0.717) is 25.0 Å². The van der Waals surface area contributed by atoms with Crippen LogP contribution in [0.1, 0.15) is 77.7 Å². The molecule has 9 amide bonds. The van der Waals surface area contributed by atoms with E-state index in [-0.39, 0.29) is 95.1 Å². The molecule has 0 radical (unpaired) electrons. The van der Waals surface area contributed by atoms with Gasteiger partial charge in [0.2, 0.25) is 29.5 Å². The first-order valence-electron chi connectivity index (χ1n) is 21.2. The quantitative estimate of drug-likeness (QED) is 0.0256. The number of urea groups is 1. The van der Waals surface area contributed by atoms with Crippen LogP contribution in [0.5, 0.6) is 5.75 Å². The summed E-state index contributed by atoms with van der Waals surface area (Å²) in [5, 5.41) is 35.7. The summed E-state index contributed by atoms with van der Waals surface area (Å²) in [5.74, 6) is -6.62. The Morgan fingerprint density at radius 3 is 2.09 bits per heavy atom. The molecule has 356 valence electrons. The zero-order valence-corrected chi connectivity index (χ0v) is 36.9. The normalized spacial score (nSPS) is 14.6. The molecule has 12 N–H and O–H groups in total. The summed E-state index contributed by atoms with van der Waals surface area (Å²) in [5.41, 5.74) is 12.0. The maximum absolute atomic E-state index is 13.9. The fourth-order valence-electron chi connectivity index (χ4n) is 6.45. The number of methoxy groups -OCH3 is 1. The van der Waals surface area contributed by atoms with Crippen molar-refractivity contribution in [3.63, 3.8) is 0 Å². The molecule has 0 aromatic heterocycles. The van der Waals surface area contributed by atoms with Gasteiger partial charge in [0.1, 0.15) is 30.5 Å². The van der Waals surface area contributed by atoms with E-state index in [4.69, 9.17) is 20.9 Å². The number of anilines is 1. The lowest BCUT2D eigenvalue weighted by Crippen LogP contribution is -2.57. The highest BCUT2D eigenvalue weighted by Gasteiger charge is 2.32. The molecule has 0 unspecified atom stereocenters. The number of carbonyl (C=O) groups is 9. The Bertz CT molecular complexity index is 1790. The number of nitrogens with one attached hydrogen (secondary N) is 6. The van der Waals surface area contributed by atoms with Crippen molar-refractivity contribution in [1.82, 2.24) is 31.5 Å². The number of phenolic OH excluding ortho intramolecular Hbond substituents is 1. The standard InChI is InChI=1S/C42H65N9O13/c1-25(2)37(40(59)48-30(10-7-17-46-42(44)62)38(57)49-31-23-27(12-13-32(31)52)22-28(43)21-26(3)41(60)61)50-39(58)29(9-5-6-16-45-34(54)24-64-20-19-63-4)47-33(53)11-8-18-51-35(55)14-15-36(51)56/h12-15,23,25-26,28-30,37,52H,5-11,16-22,24,43H2,1-4H3,(H,45,54)(H,47,53)(H,48,59)(H,49,57)(H,50,58)(H,60,61)(H3,44,46,62)/t26-,28+,29-,30-,37-/m0/s1. The number of aromatic hydroxyl groups is 1. The number of imide groups is 1. The summed E-state index contributed by atoms with van der Waals surface area (Å²) in [4.78, 5) is 114. The van der Waals surface area contributed by atoms with Gasteiger partial charge in [-0.15, -0.1) is 0 Å². The molecule has 22 heteroatoms. The van der Waals surface area contributed by atoms with Crippen molar-refractivity contribution in [2.24, 2.45) is 23.3 Å². The van der Waals surface area contributed by atoms with E-state index >= 15 is 0 Å². The van der Waals surface area contributed by atoms with Crippen LogP contribution in [0.3, 0.4) is 0 Å². The molecule has 0 saturated carbocycles. The summed E-state index contributed by atoms with van der Waals surface area (Å²) >= 11 is 0. The topological polar surface area (TPSA) is 340 Å². The molecule has 2 rings (SSSR count). The maximum Gasteiger partial charge on any atom is 0.312 e. The van der Waals surface area contributed by atoms with Gasteiger partial charge >= 0.3 is 12.0 Å². The zero-order chi connectivity index (χ0) is 47.8. The summed E-state index contributed by atoms with van der Waals surface area (Å²) in [7, 11) is 1.51. The molecule has 0 spiro atoms. The van der Waals surface area contributed by atoms with Crippen LogP contribution < -0.4 is 43.4 Å². The number of carboxylic acids is 1. The average Bonchev–Trinajstić information content (AvgIpc) is 3.55. The number of phenols is 1. The number of nitrogens with two attached hydrogens (primary N) is 2. The molecule has 22 nitrogen and oxygen atoms in total. The number of unbranched alkanes of at least 4 members (excludes halogenated alkanes) is 1. The molecule has 0 fully saturated rings. The van der Waals surface area contributed by atoms with Crippen molar-refractivity contribution in [2.75, 3.05) is 51.9 Å². The van der Waals surface area contributed by atoms with Gasteiger partial charge < -0.3 is 63.1 Å². The second-order valence-electron chi connectivity index (χ2n) is 15.8. The van der Waals surface area contributed by atoms with Crippen molar-refractivity contribution in [3.8, 4) is 5.75 Å². The number of ether oxygens (including phenoxy) is 2. The first kappa shape index (κ1) is 54.0. The third-order valence-electron chi connectivity index (χ3n) is 9.99. The van der Waals surface area contributed by atoms with Crippen LogP contribution in [0.2, 0.25) is 0 Å². The molecule has 1 aromatic carbocycles. The number of hydrogen-bond acceptors (Lipinski definition) is 13. The second kappa shape index (κ2) is 28.5. The van der Waals surface area contributed by atoms with Crippen LogP contribution in [-0.4, -0.2) is 139 Å². The molecule has 0 aliphatic carbocycles. The van der Waals surface area contributed by atoms with E-state index in [9.17, 15) is 53.4 Å². The molecular formula is C42H65N9O13. The zero-order valence-electron chi connectivity index (χ0n) is 36.9. The minimum absolute atomic E-state index is 0.00643. The molecule has 64 heavy (non-hydrogen) atoms. The molecule has 1 aromatic rings. The van der Waals surface area contributed by atoms with Crippen molar-refractivity contribution < 1.29 is 62.8 Å². The Morgan fingerprint density at radius 1 is 0.797 bits per heavy atom. The monoisotopic (exact) mass is 903 g/mol. The van der Waals surface area contributed by atoms with Crippen LogP contribution in [0, 0.1) is 11.8 Å². The minimum Gasteiger partial charge on any atom is -0.506 e. The predicted molar refractivity (Wildman–Crippen MR) is 232 cm³/mol. The predicted octanol–water partition coefficient (Wildman–Crippen LogP) is -0.475. The van der Waals surface area contributed by atoms with Crippen LogP contribution in [0.15, 0.2) is 30.4 Å². The number of benzene rings is 1. The first-order valence-corrected chi connectivity index (χ1v) is 21.2. The van der Waals surface area contributed by atoms with Gasteiger partial charge in [-0.05, 0) is 75.0 Å². The van der Waals surface area contributed by atoms with Gasteiger partial charge in [-0.1, -0.05) is 26.8 Å². The SMILES string of the molecule is COCCOCC(=O)NCCCC[C@H](NC(=O)CCCN1C(=O)C=CC1=O)C(=O)N[C@H](C(=O)N[C@@H](CCCNC(N)=O)C(=O)Nc1cc(C[C@H](N)C[C@H](C)C(=O)O)ccc1O)C(C)C. The van der Waals surface area contributed by atoms with E-state index in [1.54, 1.807) is 19.9 Å². The molecule has 5 atom stereocenters. The molecular weight excluding hydrogens is 839 g/mol. The highest BCUT2D eigenvalue weighted by molar-refractivity contribution is 6.12. The fraction of sp³-hybridized carbons (Fsp3) is 0.595. The van der Waals surface area contributed by atoms with Gasteiger partial charge in [0, 0.05) is 51.4 Å². The van der Waals surface area contributed by atoms with E-state index in [1.807, 2.05) is 0 Å². The highest BCUT2D eigenvalue weighted by Crippen LogP contribution is 2.26. The number of rotatable bonds is 31. The van der Waals surface area contributed by atoms with Gasteiger partial charge in [-0.2, -0.15) is 0 Å². The summed E-state index contributed by atoms with van der Waals surface area (Å²) in [6, 6.07) is -0.583. The number of aliphatic carboxylic acids is 1. The summed E-state index contributed by atoms with van der Waals surface area (Å²) < 4.78 is 10.1. The lowest BCUT2D eigenvalue weighted by Gasteiger charge is -2.27. The fourth-order valence-corrected chi connectivity index (χ4v) is 6.45. The third-order valence-corrected chi connectivity index (χ3v) is 9.99. The average molecular weight is 904 g/mol. The lowest BCUT2D eigenvalue weighted by atomic mass is 9.96. The van der Waals surface area contributed by atoms with Gasteiger partial charge in [0.25, 0.3) is 11.8 Å². The number of carboxylic acid groups (broad SMARTS) is 1. The smallest absolute Gasteiger partial charge is 0.312 e. The Labute approximate surface area is 372 Å². The Hall–Kier alpha value is -6.13. The second-order valence-corrected chi connectivity index (χ2v) is 15.8. The van der Waals surface area contributed by atoms with Crippen LogP contribution in [0.4, 0.5) is 10.5 Å². The largest absolute Gasteiger partial charge is 0.506 e. The van der Waals surface area contributed by atoms with Gasteiger partial charge in [0.05, 0.1) is 24.8 Å². The molecule has 0 bridgehead atoms. The van der Waals surface area contributed by atoms with Crippen molar-refractivity contribution >= 4 is 59.0 Å². The van der Waals surface area contributed by atoms with Gasteiger partial charge in [0.15, 0.2) is 0 Å². The number of amides is 9. The van der Waals surface area contributed by atoms with Gasteiger partial charge in [-0.3, -0.25) is 43.3 Å². The highest BCUT2D eigenvalue weighted by atomic mass is 16.5. The number of hydrogen-bond donors (Lipinski definition) is 10. The Balaban J connectivity index is 2.21. The Morgan fingerprint density at radius 2 is 1.45 bits per heavy atom. The van der Waals surface area contributed by atoms with Crippen molar-refractivity contribution in [1.29, 1.82) is 0 Å². The Kier molecular flexibility index (Phi) is 24.1. The third kappa shape index (κ3) is 20.4. The van der Waals surface area contributed by atoms with Crippen LogP contribution in [0.25, 0.3) is 0 Å². The minimum atomic E-state index is -1.26. The molecule has 0 saturated heterocycles. The molecule has 1 aliphatic heterocycles. The summed E-state index contributed by atoms with van der Waals surface area (Å²) in [6.07, 6.45) is 3.69. The summed E-state index contributed by atoms with van der Waals surface area (Å²) in [6.45, 7) is 5.56.